The third-order valence-corrected chi connectivity index (χ3v) is 5.59. The van der Waals surface area contributed by atoms with Gasteiger partial charge in [-0.3, -0.25) is 9.20 Å². The summed E-state index contributed by atoms with van der Waals surface area (Å²) in [5, 5.41) is 12.3. The minimum absolute atomic E-state index is 0.00144. The standard InChI is InChI=1S/C23H21F3N4O3/c1-13(28-20-16(22(32)33)8-5-9-27-20)17-10-15(23(24,25)26)12-30-19(31)11-18(29-21(17)30)14-6-3-2-4-7-14/h5-6,8-13H,2-4,7H2,1H3,(H,27,28)(H,32,33)/t13-/m1/s1. The van der Waals surface area contributed by atoms with Crippen molar-refractivity contribution in [2.45, 2.75) is 44.8 Å². The van der Waals surface area contributed by atoms with E-state index in [0.29, 0.717) is 5.69 Å². The first-order chi connectivity index (χ1) is 15.6. The molecule has 0 amide bonds. The molecule has 0 radical (unpaired) electrons. The maximum atomic E-state index is 13.6. The summed E-state index contributed by atoms with van der Waals surface area (Å²) < 4.78 is 41.7. The van der Waals surface area contributed by atoms with Crippen molar-refractivity contribution < 1.29 is 23.1 Å². The van der Waals surface area contributed by atoms with E-state index in [-0.39, 0.29) is 22.6 Å². The van der Waals surface area contributed by atoms with Crippen molar-refractivity contribution in [2.75, 3.05) is 5.32 Å². The van der Waals surface area contributed by atoms with Gasteiger partial charge in [0.15, 0.2) is 0 Å². The number of nitrogens with zero attached hydrogens (tertiary/aromatic N) is 3. The quantitative estimate of drug-likeness (QED) is 0.562. The highest BCUT2D eigenvalue weighted by Crippen LogP contribution is 2.33. The van der Waals surface area contributed by atoms with Crippen molar-refractivity contribution >= 4 is 23.0 Å². The summed E-state index contributed by atoms with van der Waals surface area (Å²) in [4.78, 5) is 32.9. The van der Waals surface area contributed by atoms with Gasteiger partial charge in [-0.05, 0) is 56.4 Å². The lowest BCUT2D eigenvalue weighted by atomic mass is 9.97. The molecular weight excluding hydrogens is 437 g/mol. The second-order valence-corrected chi connectivity index (χ2v) is 7.90. The van der Waals surface area contributed by atoms with Crippen LogP contribution in [-0.2, 0) is 6.18 Å². The Bertz CT molecular complexity index is 1310. The summed E-state index contributed by atoms with van der Waals surface area (Å²) in [6.07, 6.45) is 3.00. The number of aromatic nitrogens is 3. The van der Waals surface area contributed by atoms with Gasteiger partial charge < -0.3 is 10.4 Å². The number of halogens is 3. The first-order valence-corrected chi connectivity index (χ1v) is 10.4. The van der Waals surface area contributed by atoms with E-state index in [1.165, 1.54) is 24.4 Å². The molecule has 1 aliphatic rings. The fraction of sp³-hybridized carbons (Fsp3) is 0.304. The SMILES string of the molecule is C[C@@H](Nc1ncccc1C(=O)O)c1cc(C(F)(F)F)cn2c(=O)cc(C3=CCCCC3)nc12. The molecule has 0 aromatic carbocycles. The van der Waals surface area contributed by atoms with Crippen molar-refractivity contribution in [1.82, 2.24) is 14.4 Å². The molecule has 3 aromatic rings. The molecule has 10 heteroatoms. The molecule has 2 N–H and O–H groups in total. The van der Waals surface area contributed by atoms with Crippen LogP contribution >= 0.6 is 0 Å². The minimum Gasteiger partial charge on any atom is -0.478 e. The summed E-state index contributed by atoms with van der Waals surface area (Å²) in [6.45, 7) is 1.56. The van der Waals surface area contributed by atoms with Crippen LogP contribution in [0.5, 0.6) is 0 Å². The van der Waals surface area contributed by atoms with Crippen LogP contribution in [0.4, 0.5) is 19.0 Å². The Balaban J connectivity index is 1.89. The lowest BCUT2D eigenvalue weighted by molar-refractivity contribution is -0.137. The van der Waals surface area contributed by atoms with Gasteiger partial charge in [-0.15, -0.1) is 0 Å². The monoisotopic (exact) mass is 458 g/mol. The highest BCUT2D eigenvalue weighted by Gasteiger charge is 2.33. The predicted molar refractivity (Wildman–Crippen MR) is 116 cm³/mol. The third kappa shape index (κ3) is 4.59. The van der Waals surface area contributed by atoms with Crippen LogP contribution in [0.3, 0.4) is 0 Å². The molecule has 0 bridgehead atoms. The Kier molecular flexibility index (Phi) is 5.92. The third-order valence-electron chi connectivity index (χ3n) is 5.59. The Morgan fingerprint density at radius 1 is 1.27 bits per heavy atom. The van der Waals surface area contributed by atoms with E-state index in [1.807, 2.05) is 6.08 Å². The van der Waals surface area contributed by atoms with E-state index >= 15 is 0 Å². The van der Waals surface area contributed by atoms with Gasteiger partial charge in [0, 0.05) is 24.0 Å². The fourth-order valence-corrected chi connectivity index (χ4v) is 3.91. The van der Waals surface area contributed by atoms with Crippen LogP contribution in [0.25, 0.3) is 11.2 Å². The molecule has 4 rings (SSSR count). The molecule has 0 saturated carbocycles. The Morgan fingerprint density at radius 3 is 2.73 bits per heavy atom. The number of alkyl halides is 3. The first-order valence-electron chi connectivity index (χ1n) is 10.4. The van der Waals surface area contributed by atoms with Crippen LogP contribution in [0.2, 0.25) is 0 Å². The van der Waals surface area contributed by atoms with Crippen LogP contribution in [-0.4, -0.2) is 25.4 Å². The number of carbonyl (C=O) groups is 1. The second-order valence-electron chi connectivity index (χ2n) is 7.90. The van der Waals surface area contributed by atoms with Gasteiger partial charge in [-0.25, -0.2) is 14.8 Å². The zero-order valence-electron chi connectivity index (χ0n) is 17.7. The molecule has 0 saturated heterocycles. The van der Waals surface area contributed by atoms with E-state index in [9.17, 15) is 27.9 Å². The molecule has 0 fully saturated rings. The molecule has 33 heavy (non-hydrogen) atoms. The first kappa shape index (κ1) is 22.5. The maximum Gasteiger partial charge on any atom is 0.417 e. The van der Waals surface area contributed by atoms with Gasteiger partial charge in [-0.2, -0.15) is 13.2 Å². The average molecular weight is 458 g/mol. The summed E-state index contributed by atoms with van der Waals surface area (Å²) in [5.74, 6) is -1.23. The molecular formula is C23H21F3N4O3. The second kappa shape index (κ2) is 8.68. The molecule has 1 aliphatic carbocycles. The number of fused-ring (bicyclic) bond motifs is 1. The largest absolute Gasteiger partial charge is 0.478 e. The average Bonchev–Trinajstić information content (AvgIpc) is 2.78. The molecule has 7 nitrogen and oxygen atoms in total. The Labute approximate surface area is 186 Å². The predicted octanol–water partition coefficient (Wildman–Crippen LogP) is 4.94. The Morgan fingerprint density at radius 2 is 2.06 bits per heavy atom. The highest BCUT2D eigenvalue weighted by atomic mass is 19.4. The number of hydrogen-bond donors (Lipinski definition) is 2. The lowest BCUT2D eigenvalue weighted by Crippen LogP contribution is -2.22. The van der Waals surface area contributed by atoms with Gasteiger partial charge >= 0.3 is 12.1 Å². The molecule has 1 atom stereocenters. The summed E-state index contributed by atoms with van der Waals surface area (Å²) in [7, 11) is 0. The van der Waals surface area contributed by atoms with Crippen molar-refractivity contribution in [3.63, 3.8) is 0 Å². The van der Waals surface area contributed by atoms with Gasteiger partial charge in [0.05, 0.1) is 17.3 Å². The van der Waals surface area contributed by atoms with Crippen molar-refractivity contribution in [2.24, 2.45) is 0 Å². The van der Waals surface area contributed by atoms with E-state index in [0.717, 1.165) is 47.9 Å². The summed E-state index contributed by atoms with van der Waals surface area (Å²) in [6, 6.07) is 4.14. The number of carboxylic acid groups (broad SMARTS) is 1. The van der Waals surface area contributed by atoms with Crippen LogP contribution in [0.1, 0.15) is 65.8 Å². The minimum atomic E-state index is -4.69. The fourth-order valence-electron chi connectivity index (χ4n) is 3.91. The molecule has 3 aromatic heterocycles. The van der Waals surface area contributed by atoms with E-state index in [1.54, 1.807) is 6.92 Å². The van der Waals surface area contributed by atoms with Gasteiger partial charge in [-0.1, -0.05) is 6.08 Å². The number of anilines is 1. The molecule has 0 aliphatic heterocycles. The number of pyridine rings is 2. The summed E-state index contributed by atoms with van der Waals surface area (Å²) >= 11 is 0. The number of rotatable bonds is 5. The van der Waals surface area contributed by atoms with Crippen LogP contribution in [0, 0.1) is 0 Å². The molecule has 0 unspecified atom stereocenters. The van der Waals surface area contributed by atoms with Gasteiger partial charge in [0.25, 0.3) is 5.56 Å². The number of hydrogen-bond acceptors (Lipinski definition) is 5. The topological polar surface area (TPSA) is 96.6 Å². The number of aromatic carboxylic acids is 1. The van der Waals surface area contributed by atoms with Crippen molar-refractivity contribution in [1.29, 1.82) is 0 Å². The van der Waals surface area contributed by atoms with Crippen LogP contribution < -0.4 is 10.9 Å². The number of allylic oxidation sites excluding steroid dienone is 2. The highest BCUT2D eigenvalue weighted by molar-refractivity contribution is 5.93. The van der Waals surface area contributed by atoms with Crippen molar-refractivity contribution in [3.05, 3.63) is 75.5 Å². The van der Waals surface area contributed by atoms with E-state index in [4.69, 9.17) is 0 Å². The number of carboxylic acids is 1. The molecule has 3 heterocycles. The zero-order valence-corrected chi connectivity index (χ0v) is 17.7. The zero-order chi connectivity index (χ0) is 23.8. The molecule has 0 spiro atoms. The van der Waals surface area contributed by atoms with Crippen LogP contribution in [0.15, 0.2) is 47.5 Å². The van der Waals surface area contributed by atoms with Gasteiger partial charge in [0.2, 0.25) is 0 Å². The van der Waals surface area contributed by atoms with Gasteiger partial charge in [0.1, 0.15) is 17.0 Å². The van der Waals surface area contributed by atoms with Crippen molar-refractivity contribution in [3.8, 4) is 0 Å². The Hall–Kier alpha value is -3.69. The number of nitrogens with one attached hydrogen (secondary N) is 1. The molecule has 172 valence electrons. The normalized spacial score (nSPS) is 15.2. The maximum absolute atomic E-state index is 13.6. The summed E-state index contributed by atoms with van der Waals surface area (Å²) in [5.41, 5.74) is -0.246. The lowest BCUT2D eigenvalue weighted by Gasteiger charge is -2.20. The smallest absolute Gasteiger partial charge is 0.417 e. The van der Waals surface area contributed by atoms with E-state index in [2.05, 4.69) is 15.3 Å². The van der Waals surface area contributed by atoms with E-state index < -0.39 is 29.3 Å².